The molecule has 5 unspecified atom stereocenters. The highest BCUT2D eigenvalue weighted by Crippen LogP contribution is 2.51. The first-order valence-corrected chi connectivity index (χ1v) is 14.5. The van der Waals surface area contributed by atoms with E-state index in [4.69, 9.17) is 9.84 Å². The summed E-state index contributed by atoms with van der Waals surface area (Å²) in [6.07, 6.45) is 19.5. The Morgan fingerprint density at radius 1 is 1.25 bits per heavy atom. The molecule has 1 saturated heterocycles. The number of allylic oxidation sites excluding steroid dienone is 4. The lowest BCUT2D eigenvalue weighted by Crippen LogP contribution is -2.53. The van der Waals surface area contributed by atoms with Crippen LogP contribution in [-0.4, -0.2) is 33.0 Å². The molecule has 0 aromatic rings. The quantitative estimate of drug-likeness (QED) is 0.220. The zero-order chi connectivity index (χ0) is 27.0. The molecule has 0 spiro atoms. The molecule has 0 bridgehead atoms. The Labute approximate surface area is 221 Å². The van der Waals surface area contributed by atoms with Crippen LogP contribution >= 0.6 is 0 Å². The van der Waals surface area contributed by atoms with Gasteiger partial charge in [-0.1, -0.05) is 63.0 Å². The van der Waals surface area contributed by atoms with Crippen molar-refractivity contribution in [3.8, 4) is 0 Å². The Kier molecular flexibility index (Phi) is 11.5. The molecule has 2 N–H and O–H groups in total. The monoisotopic (exact) mass is 502 g/mol. The first-order chi connectivity index (χ1) is 16.8. The zero-order valence-corrected chi connectivity index (χ0v) is 24.3. The van der Waals surface area contributed by atoms with Gasteiger partial charge in [-0.2, -0.15) is 0 Å². The lowest BCUT2D eigenvalue weighted by Gasteiger charge is -2.53. The van der Waals surface area contributed by atoms with Crippen molar-refractivity contribution in [1.29, 1.82) is 0 Å². The topological polar surface area (TPSA) is 66.8 Å². The Balaban J connectivity index is 1.84. The molecule has 1 aliphatic heterocycles. The van der Waals surface area contributed by atoms with Gasteiger partial charge in [-0.25, -0.2) is 0 Å². The molecule has 206 valence electrons. The van der Waals surface area contributed by atoms with Gasteiger partial charge >= 0.3 is 5.97 Å². The number of carboxylic acids is 1. The van der Waals surface area contributed by atoms with Gasteiger partial charge in [0.05, 0.1) is 22.7 Å². The highest BCUT2D eigenvalue weighted by Gasteiger charge is 2.49. The van der Waals surface area contributed by atoms with E-state index in [-0.39, 0.29) is 17.1 Å². The third-order valence-corrected chi connectivity index (χ3v) is 8.95. The minimum Gasteiger partial charge on any atom is -0.481 e. The second kappa shape index (κ2) is 13.4. The van der Waals surface area contributed by atoms with Gasteiger partial charge in [-0.05, 0) is 104 Å². The number of hydrogen-bond donors (Lipinski definition) is 2. The first-order valence-electron chi connectivity index (χ1n) is 14.5. The summed E-state index contributed by atoms with van der Waals surface area (Å²) in [5.41, 5.74) is 3.38. The van der Waals surface area contributed by atoms with Crippen LogP contribution in [0, 0.1) is 11.8 Å². The molecule has 2 rings (SSSR count). The Morgan fingerprint density at radius 2 is 1.94 bits per heavy atom. The summed E-state index contributed by atoms with van der Waals surface area (Å²) in [5, 5.41) is 19.7. The molecule has 1 fully saturated rings. The van der Waals surface area contributed by atoms with Crippen LogP contribution in [0.25, 0.3) is 0 Å². The second-order valence-corrected chi connectivity index (χ2v) is 12.4. The van der Waals surface area contributed by atoms with Gasteiger partial charge in [-0.3, -0.25) is 4.79 Å². The van der Waals surface area contributed by atoms with Crippen molar-refractivity contribution >= 4 is 5.97 Å². The third-order valence-electron chi connectivity index (χ3n) is 8.95. The summed E-state index contributed by atoms with van der Waals surface area (Å²) < 4.78 is 7.12. The highest BCUT2D eigenvalue weighted by atomic mass is 16.5. The smallest absolute Gasteiger partial charge is 0.306 e. The lowest BCUT2D eigenvalue weighted by molar-refractivity contribution is -0.177. The predicted molar refractivity (Wildman–Crippen MR) is 150 cm³/mol. The average Bonchev–Trinajstić information content (AvgIpc) is 2.80. The van der Waals surface area contributed by atoms with Crippen LogP contribution in [0.15, 0.2) is 34.9 Å². The van der Waals surface area contributed by atoms with Crippen LogP contribution in [0.5, 0.6) is 0 Å². The fourth-order valence-electron chi connectivity index (χ4n) is 6.06. The minimum atomic E-state index is -0.754. The van der Waals surface area contributed by atoms with Crippen molar-refractivity contribution in [2.24, 2.45) is 11.8 Å². The highest BCUT2D eigenvalue weighted by molar-refractivity contribution is 5.69. The van der Waals surface area contributed by atoms with Crippen molar-refractivity contribution in [2.45, 2.75) is 149 Å². The maximum Gasteiger partial charge on any atom is 0.306 e. The van der Waals surface area contributed by atoms with E-state index in [0.29, 0.717) is 18.8 Å². The fourth-order valence-corrected chi connectivity index (χ4v) is 6.06. The molecule has 4 nitrogen and oxygen atoms in total. The summed E-state index contributed by atoms with van der Waals surface area (Å²) in [4.78, 5) is 11.0. The van der Waals surface area contributed by atoms with E-state index in [9.17, 15) is 9.90 Å². The molecule has 2 aliphatic rings. The molecule has 0 saturated carbocycles. The number of fused-ring (bicyclic) bond motifs is 1. The molecule has 5 atom stereocenters. The predicted octanol–water partition coefficient (Wildman–Crippen LogP) is 8.55. The van der Waals surface area contributed by atoms with Crippen LogP contribution in [0.3, 0.4) is 0 Å². The summed E-state index contributed by atoms with van der Waals surface area (Å²) >= 11 is 0. The number of carboxylic acid groups (broad SMARTS) is 1. The van der Waals surface area contributed by atoms with Crippen LogP contribution in [-0.2, 0) is 9.53 Å². The van der Waals surface area contributed by atoms with E-state index in [1.807, 2.05) is 6.92 Å². The van der Waals surface area contributed by atoms with Gasteiger partial charge in [0.2, 0.25) is 0 Å². The maximum absolute atomic E-state index is 11.0. The van der Waals surface area contributed by atoms with Crippen LogP contribution in [0.4, 0.5) is 0 Å². The molecule has 1 heterocycles. The van der Waals surface area contributed by atoms with E-state index >= 15 is 0 Å². The normalized spacial score (nSPS) is 29.1. The van der Waals surface area contributed by atoms with Crippen molar-refractivity contribution in [2.75, 3.05) is 0 Å². The summed E-state index contributed by atoms with van der Waals surface area (Å²) in [5.74, 6) is -0.663. The number of aliphatic hydroxyl groups is 1. The number of hydrogen-bond acceptors (Lipinski definition) is 3. The Morgan fingerprint density at radius 3 is 2.61 bits per heavy atom. The third kappa shape index (κ3) is 8.58. The Bertz CT molecular complexity index is 820. The Hall–Kier alpha value is -1.39. The second-order valence-electron chi connectivity index (χ2n) is 12.4. The summed E-state index contributed by atoms with van der Waals surface area (Å²) in [6.45, 7) is 15.0. The van der Waals surface area contributed by atoms with Crippen molar-refractivity contribution in [3.05, 3.63) is 34.9 Å². The van der Waals surface area contributed by atoms with Gasteiger partial charge in [0.1, 0.15) is 0 Å². The molecule has 0 radical (unpaired) electrons. The first kappa shape index (κ1) is 30.8. The van der Waals surface area contributed by atoms with Crippen molar-refractivity contribution in [1.82, 2.24) is 0 Å². The standard InChI is InChI=1S/C32H54O4/c1-8-9-22-32-27(5)25(3)16-17-28(32)18-23-31(7,36-32)21-11-14-24(2)13-10-19-30(6,35)20-12-15-26(4)29(33)34/h14,16-17,26-27,35H,8-13,15,18-23H2,1-7H3,(H,33,34). The summed E-state index contributed by atoms with van der Waals surface area (Å²) in [6, 6.07) is 0. The SMILES string of the molecule is CCCCC12OC(C)(CCC=C(C)CCCC(C)(O)CCCC(C)C(=O)O)CCC1=CC=C(C)C2C. The average molecular weight is 503 g/mol. The number of aliphatic carboxylic acids is 1. The van der Waals surface area contributed by atoms with Gasteiger partial charge in [0.15, 0.2) is 0 Å². The van der Waals surface area contributed by atoms with Crippen molar-refractivity contribution < 1.29 is 19.7 Å². The van der Waals surface area contributed by atoms with E-state index in [1.165, 1.54) is 29.6 Å². The molecule has 0 aromatic heterocycles. The number of carbonyl (C=O) groups is 1. The zero-order valence-electron chi connectivity index (χ0n) is 24.3. The lowest BCUT2D eigenvalue weighted by atomic mass is 9.67. The minimum absolute atomic E-state index is 0.0928. The van der Waals surface area contributed by atoms with Gasteiger partial charge in [-0.15, -0.1) is 0 Å². The molecular weight excluding hydrogens is 448 g/mol. The van der Waals surface area contributed by atoms with E-state index in [2.05, 4.69) is 52.8 Å². The fraction of sp³-hybridized carbons (Fsp3) is 0.781. The van der Waals surface area contributed by atoms with Gasteiger partial charge < -0.3 is 14.9 Å². The van der Waals surface area contributed by atoms with Gasteiger partial charge in [0.25, 0.3) is 0 Å². The summed E-state index contributed by atoms with van der Waals surface area (Å²) in [7, 11) is 0. The molecule has 0 aromatic carbocycles. The molecular formula is C32H54O4. The van der Waals surface area contributed by atoms with Gasteiger partial charge in [0, 0.05) is 5.92 Å². The molecule has 4 heteroatoms. The largest absolute Gasteiger partial charge is 0.481 e. The number of ether oxygens (including phenoxy) is 1. The number of rotatable bonds is 15. The van der Waals surface area contributed by atoms with Crippen LogP contribution in [0.2, 0.25) is 0 Å². The molecule has 0 amide bonds. The van der Waals surface area contributed by atoms with Crippen molar-refractivity contribution in [3.63, 3.8) is 0 Å². The molecule has 1 aliphatic carbocycles. The van der Waals surface area contributed by atoms with E-state index < -0.39 is 11.6 Å². The number of unbranched alkanes of at least 4 members (excludes halogenated alkanes) is 1. The van der Waals surface area contributed by atoms with E-state index in [1.54, 1.807) is 6.92 Å². The van der Waals surface area contributed by atoms with Crippen LogP contribution in [0.1, 0.15) is 132 Å². The van der Waals surface area contributed by atoms with E-state index in [0.717, 1.165) is 57.8 Å². The molecule has 36 heavy (non-hydrogen) atoms. The van der Waals surface area contributed by atoms with Crippen LogP contribution < -0.4 is 0 Å². The maximum atomic E-state index is 11.0.